The van der Waals surface area contributed by atoms with Gasteiger partial charge in [0.25, 0.3) is 0 Å². The maximum Gasteiger partial charge on any atom is 0.411 e. The number of thiophene rings is 1. The summed E-state index contributed by atoms with van der Waals surface area (Å²) in [7, 11) is -3.59. The van der Waals surface area contributed by atoms with Gasteiger partial charge in [-0.3, -0.25) is 15.3 Å². The molecule has 1 saturated heterocycles. The lowest BCUT2D eigenvalue weighted by Crippen LogP contribution is -2.43. The highest BCUT2D eigenvalue weighted by Crippen LogP contribution is 2.47. The second kappa shape index (κ2) is 11.1. The Bertz CT molecular complexity index is 1060. The van der Waals surface area contributed by atoms with Crippen molar-refractivity contribution in [2.75, 3.05) is 24.2 Å². The highest BCUT2D eigenvalue weighted by molar-refractivity contribution is 7.92. The summed E-state index contributed by atoms with van der Waals surface area (Å²) in [4.78, 5) is 25.1. The van der Waals surface area contributed by atoms with Gasteiger partial charge in [-0.2, -0.15) is 0 Å². The molecule has 176 valence electrons. The van der Waals surface area contributed by atoms with Crippen LogP contribution >= 0.6 is 23.7 Å². The number of hydroxylamine groups is 1. The third-order valence-corrected chi connectivity index (χ3v) is 9.26. The lowest BCUT2D eigenvalue weighted by Gasteiger charge is -2.35. The molecule has 5 N–H and O–H groups in total. The van der Waals surface area contributed by atoms with Crippen molar-refractivity contribution < 1.29 is 28.0 Å². The molecule has 2 amide bonds. The number of carbonyl (C=O) groups is 2. The maximum atomic E-state index is 13.0. The van der Waals surface area contributed by atoms with E-state index in [2.05, 4.69) is 5.32 Å². The van der Waals surface area contributed by atoms with Crippen molar-refractivity contribution in [1.82, 2.24) is 5.48 Å². The van der Waals surface area contributed by atoms with Crippen LogP contribution in [-0.4, -0.2) is 44.5 Å². The van der Waals surface area contributed by atoms with E-state index in [1.54, 1.807) is 35.8 Å². The van der Waals surface area contributed by atoms with Gasteiger partial charge in [-0.05, 0) is 42.7 Å². The van der Waals surface area contributed by atoms with Gasteiger partial charge in [0.1, 0.15) is 11.4 Å². The average Bonchev–Trinajstić information content (AvgIpc) is 3.24. The van der Waals surface area contributed by atoms with Gasteiger partial charge in [-0.25, -0.2) is 18.7 Å². The van der Waals surface area contributed by atoms with Crippen molar-refractivity contribution in [3.8, 4) is 10.4 Å². The summed E-state index contributed by atoms with van der Waals surface area (Å²) in [5.41, 5.74) is 8.18. The topological polar surface area (TPSA) is 148 Å². The smallest absolute Gasteiger partial charge is 0.411 e. The van der Waals surface area contributed by atoms with Gasteiger partial charge >= 0.3 is 6.09 Å². The van der Waals surface area contributed by atoms with Crippen molar-refractivity contribution in [3.63, 3.8) is 0 Å². The molecule has 0 aliphatic carbocycles. The van der Waals surface area contributed by atoms with E-state index < -0.39 is 26.6 Å². The zero-order valence-corrected chi connectivity index (χ0v) is 19.7. The number of hydrogen-bond acceptors (Lipinski definition) is 8. The van der Waals surface area contributed by atoms with Gasteiger partial charge in [-0.1, -0.05) is 18.6 Å². The number of anilines is 1. The van der Waals surface area contributed by atoms with E-state index in [-0.39, 0.29) is 37.7 Å². The molecule has 12 heteroatoms. The molecule has 2 aromatic rings. The molecule has 0 saturated carbocycles. The highest BCUT2D eigenvalue weighted by Gasteiger charge is 2.49. The quantitative estimate of drug-likeness (QED) is 0.335. The number of amides is 2. The Labute approximate surface area is 196 Å². The van der Waals surface area contributed by atoms with Crippen molar-refractivity contribution in [3.05, 3.63) is 41.3 Å². The molecule has 1 aromatic heterocycles. The van der Waals surface area contributed by atoms with Crippen LogP contribution in [0.25, 0.3) is 10.4 Å². The van der Waals surface area contributed by atoms with E-state index in [9.17, 15) is 18.0 Å². The van der Waals surface area contributed by atoms with Crippen molar-refractivity contribution in [2.45, 2.75) is 30.4 Å². The highest BCUT2D eigenvalue weighted by atomic mass is 35.5. The van der Waals surface area contributed by atoms with E-state index in [1.165, 1.54) is 11.3 Å². The van der Waals surface area contributed by atoms with Crippen LogP contribution in [0, 0.1) is 0 Å². The number of nitrogens with two attached hydrogens (primary N) is 1. The predicted molar refractivity (Wildman–Crippen MR) is 125 cm³/mol. The van der Waals surface area contributed by atoms with Crippen LogP contribution in [0.15, 0.2) is 36.4 Å². The zero-order chi connectivity index (χ0) is 22.5. The van der Waals surface area contributed by atoms with Gasteiger partial charge in [0.2, 0.25) is 5.91 Å². The Morgan fingerprint density at radius 1 is 1.22 bits per heavy atom. The molecule has 32 heavy (non-hydrogen) atoms. The van der Waals surface area contributed by atoms with Gasteiger partial charge < -0.3 is 10.5 Å². The van der Waals surface area contributed by atoms with Crippen molar-refractivity contribution in [1.29, 1.82) is 0 Å². The SMILES string of the molecule is Cl.NCCOC(=O)Nc1cccc(-c2ccc([C@@]3(CC(=O)NO)CCCCS3(=O)=O)s2)c1. The fourth-order valence-electron chi connectivity index (χ4n) is 3.71. The second-order valence-corrected chi connectivity index (χ2v) is 10.8. The fourth-order valence-corrected chi connectivity index (χ4v) is 7.48. The molecule has 0 bridgehead atoms. The molecule has 1 atom stereocenters. The normalized spacial score (nSPS) is 19.4. The summed E-state index contributed by atoms with van der Waals surface area (Å²) in [6, 6.07) is 10.6. The zero-order valence-electron chi connectivity index (χ0n) is 17.2. The molecule has 2 heterocycles. The summed E-state index contributed by atoms with van der Waals surface area (Å²) >= 11 is 1.29. The van der Waals surface area contributed by atoms with Gasteiger partial charge in [0.15, 0.2) is 9.84 Å². The van der Waals surface area contributed by atoms with E-state index in [1.807, 2.05) is 6.07 Å². The van der Waals surface area contributed by atoms with Crippen LogP contribution in [0.1, 0.15) is 30.6 Å². The molecule has 1 aromatic carbocycles. The van der Waals surface area contributed by atoms with Crippen molar-refractivity contribution in [2.24, 2.45) is 5.73 Å². The molecule has 9 nitrogen and oxygen atoms in total. The first-order chi connectivity index (χ1) is 14.8. The number of hydrogen-bond donors (Lipinski definition) is 4. The summed E-state index contributed by atoms with van der Waals surface area (Å²) in [5, 5.41) is 11.6. The van der Waals surface area contributed by atoms with E-state index >= 15 is 0 Å². The largest absolute Gasteiger partial charge is 0.448 e. The summed E-state index contributed by atoms with van der Waals surface area (Å²) in [6.45, 7) is 0.335. The predicted octanol–water partition coefficient (Wildman–Crippen LogP) is 3.03. The van der Waals surface area contributed by atoms with E-state index in [4.69, 9.17) is 15.7 Å². The van der Waals surface area contributed by atoms with Gasteiger partial charge in [0.05, 0.1) is 12.2 Å². The lowest BCUT2D eigenvalue weighted by molar-refractivity contribution is -0.130. The van der Waals surface area contributed by atoms with Crippen LogP contribution in [0.3, 0.4) is 0 Å². The number of ether oxygens (including phenoxy) is 1. The first-order valence-electron chi connectivity index (χ1n) is 9.81. The molecule has 1 aliphatic heterocycles. The number of nitrogens with one attached hydrogen (secondary N) is 2. The Morgan fingerprint density at radius 3 is 2.69 bits per heavy atom. The molecule has 0 radical (unpaired) electrons. The minimum absolute atomic E-state index is 0. The molecular formula is C20H26ClN3O6S2. The number of carbonyl (C=O) groups excluding carboxylic acids is 2. The molecule has 1 aliphatic rings. The average molecular weight is 504 g/mol. The number of sulfone groups is 1. The minimum atomic E-state index is -3.59. The molecule has 0 unspecified atom stereocenters. The van der Waals surface area contributed by atoms with Gasteiger partial charge in [0, 0.05) is 22.0 Å². The van der Waals surface area contributed by atoms with Crippen LogP contribution < -0.4 is 16.5 Å². The van der Waals surface area contributed by atoms with Crippen LogP contribution in [0.5, 0.6) is 0 Å². The maximum absolute atomic E-state index is 13.0. The third-order valence-electron chi connectivity index (χ3n) is 5.21. The second-order valence-electron chi connectivity index (χ2n) is 7.28. The van der Waals surface area contributed by atoms with Crippen LogP contribution in [-0.2, 0) is 24.1 Å². The summed E-state index contributed by atoms with van der Waals surface area (Å²) in [5.74, 6) is -0.730. The molecular weight excluding hydrogens is 478 g/mol. The third kappa shape index (κ3) is 5.59. The number of benzene rings is 1. The van der Waals surface area contributed by atoms with Crippen LogP contribution in [0.2, 0.25) is 0 Å². The minimum Gasteiger partial charge on any atom is -0.448 e. The first kappa shape index (κ1) is 26.1. The van der Waals surface area contributed by atoms with Gasteiger partial charge in [-0.15, -0.1) is 23.7 Å². The lowest BCUT2D eigenvalue weighted by atomic mass is 9.94. The first-order valence-corrected chi connectivity index (χ1v) is 12.3. The molecule has 0 spiro atoms. The Hall–Kier alpha value is -2.18. The fraction of sp³-hybridized carbons (Fsp3) is 0.400. The van der Waals surface area contributed by atoms with Crippen LogP contribution in [0.4, 0.5) is 10.5 Å². The summed E-state index contributed by atoms with van der Waals surface area (Å²) < 4.78 is 29.6. The van der Waals surface area contributed by atoms with Crippen molar-refractivity contribution >= 4 is 51.3 Å². The van der Waals surface area contributed by atoms with E-state index in [0.717, 1.165) is 10.4 Å². The Kier molecular flexibility index (Phi) is 9.05. The number of rotatable bonds is 7. The molecule has 1 fully saturated rings. The Morgan fingerprint density at radius 2 is 2.00 bits per heavy atom. The summed E-state index contributed by atoms with van der Waals surface area (Å²) in [6.07, 6.45) is 0.598. The van der Waals surface area contributed by atoms with E-state index in [0.29, 0.717) is 29.8 Å². The molecule has 3 rings (SSSR count). The standard InChI is InChI=1S/C20H25N3O6S2.ClH/c21-9-10-29-19(25)22-15-5-3-4-14(12-15)16-6-7-17(30-16)20(13-18(24)23-26)8-1-2-11-31(20,27)28;/h3-7,12,26H,1-2,8-11,13,21H2,(H,22,25)(H,23,24);1H/t20-;/m0./s1. The Balaban J connectivity index is 0.00000363. The number of halogens is 1. The monoisotopic (exact) mass is 503 g/mol.